The first kappa shape index (κ1) is 32.7. The first-order valence-corrected chi connectivity index (χ1v) is 15.6. The molecule has 242 valence electrons. The maximum atomic E-state index is 13.5. The minimum absolute atomic E-state index is 0.0586. The summed E-state index contributed by atoms with van der Waals surface area (Å²) in [6, 6.07) is 28.2. The van der Waals surface area contributed by atoms with E-state index >= 15 is 0 Å². The zero-order valence-corrected chi connectivity index (χ0v) is 26.5. The Hall–Kier alpha value is -5.64. The van der Waals surface area contributed by atoms with Gasteiger partial charge in [0, 0.05) is 37.4 Å². The fraction of sp³-hybridized carbons (Fsp3) is 0.243. The molecule has 4 aromatic rings. The molecule has 47 heavy (non-hydrogen) atoms. The van der Waals surface area contributed by atoms with Crippen molar-refractivity contribution >= 4 is 40.9 Å². The number of hydrogen-bond donors (Lipinski definition) is 4. The van der Waals surface area contributed by atoms with Crippen molar-refractivity contribution in [1.82, 2.24) is 10.2 Å². The molecule has 1 aliphatic rings. The van der Waals surface area contributed by atoms with Crippen LogP contribution in [0.3, 0.4) is 0 Å². The van der Waals surface area contributed by atoms with Crippen LogP contribution in [-0.4, -0.2) is 60.0 Å². The van der Waals surface area contributed by atoms with E-state index in [1.165, 1.54) is 0 Å². The Kier molecular flexibility index (Phi) is 10.5. The van der Waals surface area contributed by atoms with Gasteiger partial charge in [0.2, 0.25) is 5.91 Å². The quantitative estimate of drug-likeness (QED) is 0.175. The number of carboxylic acids is 1. The van der Waals surface area contributed by atoms with Gasteiger partial charge in [0.15, 0.2) is 0 Å². The van der Waals surface area contributed by atoms with Crippen molar-refractivity contribution in [2.24, 2.45) is 0 Å². The van der Waals surface area contributed by atoms with Gasteiger partial charge in [0.25, 0.3) is 5.91 Å². The summed E-state index contributed by atoms with van der Waals surface area (Å²) in [7, 11) is 0. The van der Waals surface area contributed by atoms with Gasteiger partial charge < -0.3 is 30.9 Å². The van der Waals surface area contributed by atoms with Crippen molar-refractivity contribution in [3.05, 3.63) is 125 Å². The van der Waals surface area contributed by atoms with Crippen LogP contribution in [0, 0.1) is 13.8 Å². The molecular weight excluding hydrogens is 594 g/mol. The van der Waals surface area contributed by atoms with Crippen molar-refractivity contribution in [2.45, 2.75) is 32.7 Å². The number of piperazine rings is 1. The second-order valence-corrected chi connectivity index (χ2v) is 11.7. The molecule has 5 rings (SSSR count). The molecule has 1 atom stereocenters. The SMILES string of the molecule is Cc1ccc(C(CC(=O)O)NC(=O)c2ccc(N3CCN(C(=O)Cc4ccccc4)CC3)c(NC(=O)Nc3cccc(C)c3)c2)cc1. The predicted molar refractivity (Wildman–Crippen MR) is 183 cm³/mol. The molecule has 4 aromatic carbocycles. The van der Waals surface area contributed by atoms with E-state index in [2.05, 4.69) is 20.9 Å². The van der Waals surface area contributed by atoms with Crippen LogP contribution >= 0.6 is 0 Å². The van der Waals surface area contributed by atoms with E-state index in [9.17, 15) is 24.3 Å². The van der Waals surface area contributed by atoms with Crippen LogP contribution < -0.4 is 20.9 Å². The number of aliphatic carboxylic acids is 1. The van der Waals surface area contributed by atoms with E-state index in [4.69, 9.17) is 0 Å². The van der Waals surface area contributed by atoms with Crippen LogP contribution in [-0.2, 0) is 16.0 Å². The second-order valence-electron chi connectivity index (χ2n) is 11.7. The number of nitrogens with zero attached hydrogens (tertiary/aromatic N) is 2. The summed E-state index contributed by atoms with van der Waals surface area (Å²) in [4.78, 5) is 55.2. The van der Waals surface area contributed by atoms with Gasteiger partial charge in [0.05, 0.1) is 30.3 Å². The summed E-state index contributed by atoms with van der Waals surface area (Å²) in [5, 5.41) is 18.2. The highest BCUT2D eigenvalue weighted by Gasteiger charge is 2.25. The van der Waals surface area contributed by atoms with Crippen molar-refractivity contribution in [2.75, 3.05) is 41.7 Å². The highest BCUT2D eigenvalue weighted by Crippen LogP contribution is 2.30. The molecule has 1 heterocycles. The Morgan fingerprint density at radius 2 is 1.49 bits per heavy atom. The van der Waals surface area contributed by atoms with E-state index in [0.717, 1.165) is 16.7 Å². The summed E-state index contributed by atoms with van der Waals surface area (Å²) >= 11 is 0. The van der Waals surface area contributed by atoms with Crippen LogP contribution in [0.5, 0.6) is 0 Å². The second kappa shape index (κ2) is 15.1. The number of rotatable bonds is 10. The normalized spacial score (nSPS) is 13.4. The monoisotopic (exact) mass is 633 g/mol. The minimum Gasteiger partial charge on any atom is -0.481 e. The predicted octanol–water partition coefficient (Wildman–Crippen LogP) is 5.78. The Morgan fingerprint density at radius 3 is 2.17 bits per heavy atom. The molecule has 1 aliphatic heterocycles. The van der Waals surface area contributed by atoms with Crippen molar-refractivity contribution < 1.29 is 24.3 Å². The van der Waals surface area contributed by atoms with Gasteiger partial charge in [-0.05, 0) is 60.9 Å². The molecule has 0 aromatic heterocycles. The Morgan fingerprint density at radius 1 is 0.766 bits per heavy atom. The number of urea groups is 1. The number of carboxylic acid groups (broad SMARTS) is 1. The smallest absolute Gasteiger partial charge is 0.323 e. The summed E-state index contributed by atoms with van der Waals surface area (Å²) in [5.41, 5.74) is 5.66. The minimum atomic E-state index is -1.04. The fourth-order valence-corrected chi connectivity index (χ4v) is 5.61. The van der Waals surface area contributed by atoms with Gasteiger partial charge in [-0.3, -0.25) is 14.4 Å². The van der Waals surface area contributed by atoms with Gasteiger partial charge in [0.1, 0.15) is 0 Å². The average Bonchev–Trinajstić information content (AvgIpc) is 3.05. The maximum Gasteiger partial charge on any atom is 0.323 e. The van der Waals surface area contributed by atoms with Crippen LogP contribution in [0.2, 0.25) is 0 Å². The van der Waals surface area contributed by atoms with E-state index in [-0.39, 0.29) is 17.9 Å². The summed E-state index contributed by atoms with van der Waals surface area (Å²) in [6.07, 6.45) is 0.0478. The van der Waals surface area contributed by atoms with Crippen LogP contribution in [0.15, 0.2) is 97.1 Å². The number of carbonyl (C=O) groups excluding carboxylic acids is 3. The number of amides is 4. The number of benzene rings is 4. The lowest BCUT2D eigenvalue weighted by atomic mass is 10.0. The Balaban J connectivity index is 1.35. The van der Waals surface area contributed by atoms with Crippen molar-refractivity contribution in [1.29, 1.82) is 0 Å². The third-order valence-electron chi connectivity index (χ3n) is 8.12. The molecule has 0 aliphatic carbocycles. The number of carbonyl (C=O) groups is 4. The molecule has 0 radical (unpaired) electrons. The number of nitrogens with one attached hydrogen (secondary N) is 3. The van der Waals surface area contributed by atoms with Crippen LogP contribution in [0.4, 0.5) is 21.9 Å². The molecule has 0 bridgehead atoms. The molecule has 0 saturated carbocycles. The zero-order chi connectivity index (χ0) is 33.3. The molecule has 10 nitrogen and oxygen atoms in total. The average molecular weight is 634 g/mol. The van der Waals surface area contributed by atoms with E-state index in [1.54, 1.807) is 36.4 Å². The van der Waals surface area contributed by atoms with E-state index in [1.807, 2.05) is 79.4 Å². The molecular formula is C37H39N5O5. The van der Waals surface area contributed by atoms with Crippen molar-refractivity contribution in [3.8, 4) is 0 Å². The Labute approximate surface area is 274 Å². The number of aryl methyl sites for hydroxylation is 2. The van der Waals surface area contributed by atoms with Gasteiger partial charge in [-0.2, -0.15) is 0 Å². The first-order chi connectivity index (χ1) is 22.6. The van der Waals surface area contributed by atoms with Gasteiger partial charge >= 0.3 is 12.0 Å². The summed E-state index contributed by atoms with van der Waals surface area (Å²) < 4.78 is 0. The standard InChI is InChI=1S/C37H39N5O5/c1-25-11-13-28(14-12-25)31(24-35(44)45)39-36(46)29-15-16-33(32(23-29)40-37(47)38-30-10-6-7-26(2)21-30)41-17-19-42(20-18-41)34(43)22-27-8-4-3-5-9-27/h3-16,21,23,31H,17-20,22,24H2,1-2H3,(H,39,46)(H,44,45)(H2,38,40,47). The summed E-state index contributed by atoms with van der Waals surface area (Å²) in [5.74, 6) is -1.45. The molecule has 1 unspecified atom stereocenters. The van der Waals surface area contributed by atoms with Crippen molar-refractivity contribution in [3.63, 3.8) is 0 Å². The van der Waals surface area contributed by atoms with E-state index in [0.29, 0.717) is 55.2 Å². The zero-order valence-electron chi connectivity index (χ0n) is 26.5. The third-order valence-corrected chi connectivity index (χ3v) is 8.12. The molecule has 1 fully saturated rings. The topological polar surface area (TPSA) is 131 Å². The fourth-order valence-electron chi connectivity index (χ4n) is 5.61. The molecule has 1 saturated heterocycles. The molecule has 4 amide bonds. The molecule has 4 N–H and O–H groups in total. The van der Waals surface area contributed by atoms with Gasteiger partial charge in [-0.25, -0.2) is 4.79 Å². The van der Waals surface area contributed by atoms with Crippen LogP contribution in [0.1, 0.15) is 45.1 Å². The van der Waals surface area contributed by atoms with Gasteiger partial charge in [-0.1, -0.05) is 72.3 Å². The van der Waals surface area contributed by atoms with Crippen LogP contribution in [0.25, 0.3) is 0 Å². The first-order valence-electron chi connectivity index (χ1n) is 15.6. The Bertz CT molecular complexity index is 1730. The number of hydrogen-bond acceptors (Lipinski definition) is 5. The van der Waals surface area contributed by atoms with E-state index < -0.39 is 23.9 Å². The lowest BCUT2D eigenvalue weighted by Gasteiger charge is -2.37. The lowest BCUT2D eigenvalue weighted by molar-refractivity contribution is -0.137. The molecule has 10 heteroatoms. The summed E-state index contributed by atoms with van der Waals surface area (Å²) in [6.45, 7) is 5.96. The number of anilines is 3. The lowest BCUT2D eigenvalue weighted by Crippen LogP contribution is -2.49. The highest BCUT2D eigenvalue weighted by molar-refractivity contribution is 6.04. The highest BCUT2D eigenvalue weighted by atomic mass is 16.4. The third kappa shape index (κ3) is 8.97. The largest absolute Gasteiger partial charge is 0.481 e. The molecule has 0 spiro atoms. The van der Waals surface area contributed by atoms with Gasteiger partial charge in [-0.15, -0.1) is 0 Å². The maximum absolute atomic E-state index is 13.5.